The molecule has 1 saturated carbocycles. The van der Waals surface area contributed by atoms with Gasteiger partial charge in [-0.2, -0.15) is 0 Å². The van der Waals surface area contributed by atoms with Gasteiger partial charge in [0.2, 0.25) is 0 Å². The molecule has 1 aliphatic heterocycles. The van der Waals surface area contributed by atoms with E-state index < -0.39 is 0 Å². The van der Waals surface area contributed by atoms with Gasteiger partial charge < -0.3 is 10.6 Å². The van der Waals surface area contributed by atoms with E-state index in [2.05, 4.69) is 49.6 Å². The highest BCUT2D eigenvalue weighted by atomic mass is 15.3. The van der Waals surface area contributed by atoms with Crippen LogP contribution in [-0.2, 0) is 0 Å². The Balaban J connectivity index is 2.09. The smallest absolute Gasteiger partial charge is 0.0474 e. The van der Waals surface area contributed by atoms with E-state index in [1.807, 2.05) is 0 Å². The Morgan fingerprint density at radius 1 is 1.24 bits per heavy atom. The molecular weight excluding hydrogens is 260 g/mol. The van der Waals surface area contributed by atoms with Gasteiger partial charge in [-0.15, -0.1) is 0 Å². The SMILES string of the molecule is CC(C)CN(CCN(C)C)C1(CN)CC(C)N(C2CC2)C1. The number of likely N-dealkylation sites (tertiary alicyclic amines) is 1. The first-order valence-corrected chi connectivity index (χ1v) is 8.73. The van der Waals surface area contributed by atoms with E-state index >= 15 is 0 Å². The summed E-state index contributed by atoms with van der Waals surface area (Å²) in [7, 11) is 4.33. The van der Waals surface area contributed by atoms with Crippen LogP contribution < -0.4 is 5.73 Å². The molecule has 1 heterocycles. The van der Waals surface area contributed by atoms with Gasteiger partial charge in [-0.3, -0.25) is 9.80 Å². The van der Waals surface area contributed by atoms with Crippen LogP contribution in [0.25, 0.3) is 0 Å². The molecule has 4 nitrogen and oxygen atoms in total. The van der Waals surface area contributed by atoms with E-state index in [-0.39, 0.29) is 5.54 Å². The zero-order valence-corrected chi connectivity index (χ0v) is 14.8. The minimum absolute atomic E-state index is 0.197. The van der Waals surface area contributed by atoms with Gasteiger partial charge in [-0.1, -0.05) is 13.8 Å². The van der Waals surface area contributed by atoms with Crippen LogP contribution >= 0.6 is 0 Å². The summed E-state index contributed by atoms with van der Waals surface area (Å²) in [6, 6.07) is 1.54. The van der Waals surface area contributed by atoms with Crippen molar-refractivity contribution in [3.05, 3.63) is 0 Å². The Labute approximate surface area is 131 Å². The maximum atomic E-state index is 6.31. The van der Waals surface area contributed by atoms with Crippen LogP contribution in [0.1, 0.15) is 40.0 Å². The topological polar surface area (TPSA) is 35.7 Å². The van der Waals surface area contributed by atoms with Crippen molar-refractivity contribution in [2.45, 2.75) is 57.7 Å². The highest BCUT2D eigenvalue weighted by Crippen LogP contribution is 2.39. The fraction of sp³-hybridized carbons (Fsp3) is 1.00. The van der Waals surface area contributed by atoms with Crippen molar-refractivity contribution >= 4 is 0 Å². The number of rotatable bonds is 8. The van der Waals surface area contributed by atoms with Crippen LogP contribution in [0.3, 0.4) is 0 Å². The van der Waals surface area contributed by atoms with Crippen LogP contribution in [0.5, 0.6) is 0 Å². The maximum Gasteiger partial charge on any atom is 0.0474 e. The second kappa shape index (κ2) is 6.95. The quantitative estimate of drug-likeness (QED) is 0.736. The molecule has 2 rings (SSSR count). The molecule has 1 aliphatic carbocycles. The molecular formula is C17H36N4. The molecule has 0 bridgehead atoms. The van der Waals surface area contributed by atoms with Gasteiger partial charge in [-0.25, -0.2) is 0 Å². The largest absolute Gasteiger partial charge is 0.329 e. The van der Waals surface area contributed by atoms with Crippen molar-refractivity contribution in [2.24, 2.45) is 11.7 Å². The van der Waals surface area contributed by atoms with Crippen LogP contribution in [0.2, 0.25) is 0 Å². The first-order valence-electron chi connectivity index (χ1n) is 8.73. The summed E-state index contributed by atoms with van der Waals surface area (Å²) in [5, 5.41) is 0. The molecule has 2 atom stereocenters. The Bertz CT molecular complexity index is 327. The number of likely N-dealkylation sites (N-methyl/N-ethyl adjacent to an activating group) is 1. The van der Waals surface area contributed by atoms with Gasteiger partial charge in [0.15, 0.2) is 0 Å². The Kier molecular flexibility index (Phi) is 5.69. The Morgan fingerprint density at radius 3 is 2.38 bits per heavy atom. The summed E-state index contributed by atoms with van der Waals surface area (Å²) in [6.07, 6.45) is 4.03. The third-order valence-electron chi connectivity index (χ3n) is 5.19. The lowest BCUT2D eigenvalue weighted by Crippen LogP contribution is -2.58. The molecule has 21 heavy (non-hydrogen) atoms. The first kappa shape index (κ1) is 17.2. The van der Waals surface area contributed by atoms with Crippen LogP contribution in [0, 0.1) is 5.92 Å². The van der Waals surface area contributed by atoms with E-state index in [0.717, 1.165) is 32.2 Å². The van der Waals surface area contributed by atoms with E-state index in [0.29, 0.717) is 12.0 Å². The van der Waals surface area contributed by atoms with E-state index in [1.165, 1.54) is 25.8 Å². The number of hydrogen-bond acceptors (Lipinski definition) is 4. The van der Waals surface area contributed by atoms with Gasteiger partial charge in [0.05, 0.1) is 0 Å². The van der Waals surface area contributed by atoms with E-state index in [1.54, 1.807) is 0 Å². The highest BCUT2D eigenvalue weighted by molar-refractivity contribution is 5.07. The average Bonchev–Trinajstić information content (AvgIpc) is 3.18. The van der Waals surface area contributed by atoms with Gasteiger partial charge in [0.25, 0.3) is 0 Å². The average molecular weight is 297 g/mol. The molecule has 1 saturated heterocycles. The number of nitrogens with zero attached hydrogens (tertiary/aromatic N) is 3. The number of nitrogens with two attached hydrogens (primary N) is 1. The van der Waals surface area contributed by atoms with Crippen LogP contribution in [0.15, 0.2) is 0 Å². The van der Waals surface area contributed by atoms with Gasteiger partial charge >= 0.3 is 0 Å². The van der Waals surface area contributed by atoms with Crippen molar-refractivity contribution in [2.75, 3.05) is 46.8 Å². The molecule has 124 valence electrons. The third kappa shape index (κ3) is 4.19. The summed E-state index contributed by atoms with van der Waals surface area (Å²) in [4.78, 5) is 7.72. The minimum Gasteiger partial charge on any atom is -0.329 e. The lowest BCUT2D eigenvalue weighted by atomic mass is 9.92. The lowest BCUT2D eigenvalue weighted by molar-refractivity contribution is 0.0770. The molecule has 0 amide bonds. The fourth-order valence-electron chi connectivity index (χ4n) is 3.91. The highest BCUT2D eigenvalue weighted by Gasteiger charge is 2.49. The van der Waals surface area contributed by atoms with Gasteiger partial charge in [0.1, 0.15) is 0 Å². The monoisotopic (exact) mass is 296 g/mol. The van der Waals surface area contributed by atoms with Gasteiger partial charge in [0, 0.05) is 50.3 Å². The number of hydrogen-bond donors (Lipinski definition) is 1. The van der Waals surface area contributed by atoms with Crippen molar-refractivity contribution in [1.29, 1.82) is 0 Å². The van der Waals surface area contributed by atoms with E-state index in [9.17, 15) is 0 Å². The second-order valence-electron chi connectivity index (χ2n) is 8.03. The summed E-state index contributed by atoms with van der Waals surface area (Å²) >= 11 is 0. The minimum atomic E-state index is 0.197. The zero-order chi connectivity index (χ0) is 15.6. The summed E-state index contributed by atoms with van der Waals surface area (Å²) < 4.78 is 0. The predicted molar refractivity (Wildman–Crippen MR) is 90.6 cm³/mol. The molecule has 0 aromatic carbocycles. The molecule has 2 fully saturated rings. The first-order chi connectivity index (χ1) is 9.88. The summed E-state index contributed by atoms with van der Waals surface area (Å²) in [5.74, 6) is 0.695. The molecule has 4 heteroatoms. The van der Waals surface area contributed by atoms with Crippen molar-refractivity contribution in [3.8, 4) is 0 Å². The standard InChI is InChI=1S/C17H36N4/c1-14(2)11-20(9-8-19(4)5)17(12-18)10-15(3)21(13-17)16-6-7-16/h14-16H,6-13,18H2,1-5H3. The Hall–Kier alpha value is -0.160. The van der Waals surface area contributed by atoms with E-state index in [4.69, 9.17) is 5.73 Å². The molecule has 2 N–H and O–H groups in total. The second-order valence-corrected chi connectivity index (χ2v) is 8.03. The van der Waals surface area contributed by atoms with Gasteiger partial charge in [-0.05, 0) is 46.2 Å². The molecule has 2 unspecified atom stereocenters. The normalized spacial score (nSPS) is 31.0. The van der Waals surface area contributed by atoms with Crippen molar-refractivity contribution in [3.63, 3.8) is 0 Å². The van der Waals surface area contributed by atoms with Crippen molar-refractivity contribution in [1.82, 2.24) is 14.7 Å². The van der Waals surface area contributed by atoms with Crippen molar-refractivity contribution < 1.29 is 0 Å². The lowest BCUT2D eigenvalue weighted by Gasteiger charge is -2.42. The molecule has 0 aromatic heterocycles. The van der Waals surface area contributed by atoms with Crippen LogP contribution in [-0.4, -0.2) is 79.1 Å². The summed E-state index contributed by atoms with van der Waals surface area (Å²) in [5.41, 5.74) is 6.51. The zero-order valence-electron chi connectivity index (χ0n) is 14.8. The molecule has 0 radical (unpaired) electrons. The summed E-state index contributed by atoms with van der Waals surface area (Å²) in [6.45, 7) is 12.4. The molecule has 0 aromatic rings. The Morgan fingerprint density at radius 2 is 1.90 bits per heavy atom. The molecule has 2 aliphatic rings. The predicted octanol–water partition coefficient (Wildman–Crippen LogP) is 1.46. The fourth-order valence-corrected chi connectivity index (χ4v) is 3.91. The maximum absolute atomic E-state index is 6.31. The third-order valence-corrected chi connectivity index (χ3v) is 5.19. The van der Waals surface area contributed by atoms with Crippen LogP contribution in [0.4, 0.5) is 0 Å². The molecule has 0 spiro atoms.